The quantitative estimate of drug-likeness (QED) is 0.805. The summed E-state index contributed by atoms with van der Waals surface area (Å²) in [4.78, 5) is 0. The SMILES string of the molecule is CCCNS(=O)(=O)C(C)(C)c1ccc(-c2ccccc2F)cc1OC. The van der Waals surface area contributed by atoms with Crippen LogP contribution in [0.2, 0.25) is 0 Å². The third-order valence-corrected chi connectivity index (χ3v) is 6.40. The average molecular weight is 365 g/mol. The van der Waals surface area contributed by atoms with Crippen LogP contribution in [0.4, 0.5) is 4.39 Å². The highest BCUT2D eigenvalue weighted by atomic mass is 32.2. The molecule has 0 spiro atoms. The number of rotatable bonds is 7. The smallest absolute Gasteiger partial charge is 0.221 e. The van der Waals surface area contributed by atoms with Crippen molar-refractivity contribution < 1.29 is 17.5 Å². The summed E-state index contributed by atoms with van der Waals surface area (Å²) in [6.45, 7) is 5.54. The van der Waals surface area contributed by atoms with Gasteiger partial charge in [0.05, 0.1) is 7.11 Å². The second-order valence-corrected chi connectivity index (χ2v) is 8.62. The van der Waals surface area contributed by atoms with Gasteiger partial charge < -0.3 is 4.74 Å². The van der Waals surface area contributed by atoms with Gasteiger partial charge in [0, 0.05) is 17.7 Å². The lowest BCUT2D eigenvalue weighted by Crippen LogP contribution is -2.40. The van der Waals surface area contributed by atoms with Crippen LogP contribution < -0.4 is 9.46 Å². The molecule has 2 aromatic rings. The minimum Gasteiger partial charge on any atom is -0.496 e. The zero-order valence-corrected chi connectivity index (χ0v) is 15.8. The molecular formula is C19H24FNO3S. The normalized spacial score (nSPS) is 12.2. The average Bonchev–Trinajstić information content (AvgIpc) is 2.59. The zero-order valence-electron chi connectivity index (χ0n) is 15.0. The molecule has 0 radical (unpaired) electrons. The van der Waals surface area contributed by atoms with Crippen LogP contribution >= 0.6 is 0 Å². The molecule has 0 amide bonds. The lowest BCUT2D eigenvalue weighted by molar-refractivity contribution is 0.403. The molecule has 4 nitrogen and oxygen atoms in total. The lowest BCUT2D eigenvalue weighted by Gasteiger charge is -2.27. The van der Waals surface area contributed by atoms with Gasteiger partial charge in [0.1, 0.15) is 16.3 Å². The Kier molecular flexibility index (Phi) is 5.85. The fourth-order valence-electron chi connectivity index (χ4n) is 2.61. The van der Waals surface area contributed by atoms with E-state index in [-0.39, 0.29) is 5.82 Å². The first-order valence-electron chi connectivity index (χ1n) is 8.17. The molecule has 0 aliphatic carbocycles. The lowest BCUT2D eigenvalue weighted by atomic mass is 9.96. The fraction of sp³-hybridized carbons (Fsp3) is 0.368. The molecule has 2 rings (SSSR count). The Morgan fingerprint density at radius 3 is 2.44 bits per heavy atom. The second kappa shape index (κ2) is 7.54. The summed E-state index contributed by atoms with van der Waals surface area (Å²) in [5, 5.41) is 0. The molecule has 2 aromatic carbocycles. The van der Waals surface area contributed by atoms with E-state index >= 15 is 0 Å². The molecule has 6 heteroatoms. The third-order valence-electron chi connectivity index (χ3n) is 4.25. The van der Waals surface area contributed by atoms with Crippen LogP contribution in [0.3, 0.4) is 0 Å². The molecule has 0 fully saturated rings. The Morgan fingerprint density at radius 1 is 1.16 bits per heavy atom. The molecule has 25 heavy (non-hydrogen) atoms. The van der Waals surface area contributed by atoms with E-state index in [1.807, 2.05) is 6.92 Å². The highest BCUT2D eigenvalue weighted by Gasteiger charge is 2.38. The largest absolute Gasteiger partial charge is 0.496 e. The van der Waals surface area contributed by atoms with Gasteiger partial charge >= 0.3 is 0 Å². The summed E-state index contributed by atoms with van der Waals surface area (Å²) in [7, 11) is -2.12. The predicted octanol–water partition coefficient (Wildman–Crippen LogP) is 4.07. The summed E-state index contributed by atoms with van der Waals surface area (Å²) < 4.78 is 46.2. The van der Waals surface area contributed by atoms with E-state index in [1.165, 1.54) is 13.2 Å². The van der Waals surface area contributed by atoms with Crippen molar-refractivity contribution in [1.82, 2.24) is 4.72 Å². The zero-order chi connectivity index (χ0) is 18.7. The molecular weight excluding hydrogens is 341 g/mol. The highest BCUT2D eigenvalue weighted by Crippen LogP contribution is 2.38. The van der Waals surface area contributed by atoms with Crippen molar-refractivity contribution in [2.75, 3.05) is 13.7 Å². The van der Waals surface area contributed by atoms with Crippen molar-refractivity contribution in [3.8, 4) is 16.9 Å². The van der Waals surface area contributed by atoms with Gasteiger partial charge in [-0.25, -0.2) is 17.5 Å². The van der Waals surface area contributed by atoms with Gasteiger partial charge in [0.15, 0.2) is 0 Å². The van der Waals surface area contributed by atoms with Gasteiger partial charge in [-0.2, -0.15) is 0 Å². The van der Waals surface area contributed by atoms with Crippen LogP contribution in [0.15, 0.2) is 42.5 Å². The number of halogens is 1. The Bertz CT molecular complexity index is 847. The van der Waals surface area contributed by atoms with E-state index in [9.17, 15) is 12.8 Å². The van der Waals surface area contributed by atoms with Gasteiger partial charge in [-0.15, -0.1) is 0 Å². The molecule has 0 atom stereocenters. The Hall–Kier alpha value is -1.92. The van der Waals surface area contributed by atoms with Crippen molar-refractivity contribution in [2.24, 2.45) is 0 Å². The van der Waals surface area contributed by atoms with Crippen molar-refractivity contribution in [2.45, 2.75) is 31.9 Å². The van der Waals surface area contributed by atoms with Crippen molar-refractivity contribution >= 4 is 10.0 Å². The van der Waals surface area contributed by atoms with Crippen LogP contribution in [0, 0.1) is 5.82 Å². The van der Waals surface area contributed by atoms with Gasteiger partial charge in [0.2, 0.25) is 10.0 Å². The first-order chi connectivity index (χ1) is 11.7. The molecule has 0 bridgehead atoms. The number of nitrogens with one attached hydrogen (secondary N) is 1. The topological polar surface area (TPSA) is 55.4 Å². The first kappa shape index (κ1) is 19.4. The van der Waals surface area contributed by atoms with Crippen molar-refractivity contribution in [3.63, 3.8) is 0 Å². The van der Waals surface area contributed by atoms with E-state index in [0.717, 1.165) is 0 Å². The van der Waals surface area contributed by atoms with Gasteiger partial charge in [0.25, 0.3) is 0 Å². The second-order valence-electron chi connectivity index (χ2n) is 6.30. The molecule has 0 unspecified atom stereocenters. The molecule has 136 valence electrons. The molecule has 0 saturated heterocycles. The van der Waals surface area contributed by atoms with Crippen LogP contribution in [0.1, 0.15) is 32.8 Å². The Balaban J connectivity index is 2.51. The monoisotopic (exact) mass is 365 g/mol. The fourth-order valence-corrected chi connectivity index (χ4v) is 3.90. The molecule has 0 saturated carbocycles. The molecule has 0 heterocycles. The van der Waals surface area contributed by atoms with Crippen LogP contribution in [-0.4, -0.2) is 22.1 Å². The minimum atomic E-state index is -3.60. The highest BCUT2D eigenvalue weighted by molar-refractivity contribution is 7.90. The summed E-state index contributed by atoms with van der Waals surface area (Å²) in [5.41, 5.74) is 1.60. The van der Waals surface area contributed by atoms with E-state index in [1.54, 1.807) is 50.2 Å². The molecule has 1 N–H and O–H groups in total. The number of methoxy groups -OCH3 is 1. The standard InChI is InChI=1S/C19H24FNO3S/c1-5-12-21-25(22,23)19(2,3)16-11-10-14(13-18(16)24-4)15-8-6-7-9-17(15)20/h6-11,13,21H,5,12H2,1-4H3. The van der Waals surface area contributed by atoms with Crippen molar-refractivity contribution in [1.29, 1.82) is 0 Å². The Labute approximate surface area is 149 Å². The number of sulfonamides is 1. The predicted molar refractivity (Wildman–Crippen MR) is 98.6 cm³/mol. The summed E-state index contributed by atoms with van der Waals surface area (Å²) in [6, 6.07) is 11.5. The van der Waals surface area contributed by atoms with Crippen LogP contribution in [0.5, 0.6) is 5.75 Å². The number of hydrogen-bond donors (Lipinski definition) is 1. The van der Waals surface area contributed by atoms with Gasteiger partial charge in [-0.05, 0) is 38.0 Å². The van der Waals surface area contributed by atoms with E-state index in [0.29, 0.717) is 35.4 Å². The van der Waals surface area contributed by atoms with Crippen LogP contribution in [-0.2, 0) is 14.8 Å². The summed E-state index contributed by atoms with van der Waals surface area (Å²) in [5.74, 6) is 0.0708. The van der Waals surface area contributed by atoms with Gasteiger partial charge in [-0.1, -0.05) is 37.3 Å². The van der Waals surface area contributed by atoms with E-state index < -0.39 is 14.8 Å². The third kappa shape index (κ3) is 3.85. The van der Waals surface area contributed by atoms with Gasteiger partial charge in [-0.3, -0.25) is 0 Å². The molecule has 0 aromatic heterocycles. The number of benzene rings is 2. The van der Waals surface area contributed by atoms with Crippen molar-refractivity contribution in [3.05, 3.63) is 53.8 Å². The van der Waals surface area contributed by atoms with E-state index in [4.69, 9.17) is 4.74 Å². The molecule has 0 aliphatic heterocycles. The van der Waals surface area contributed by atoms with Crippen LogP contribution in [0.25, 0.3) is 11.1 Å². The maximum atomic E-state index is 14.0. The number of hydrogen-bond acceptors (Lipinski definition) is 3. The first-order valence-corrected chi connectivity index (χ1v) is 9.65. The maximum Gasteiger partial charge on any atom is 0.221 e. The Morgan fingerprint density at radius 2 is 1.84 bits per heavy atom. The van der Waals surface area contributed by atoms with E-state index in [2.05, 4.69) is 4.72 Å². The summed E-state index contributed by atoms with van der Waals surface area (Å²) in [6.07, 6.45) is 0.707. The summed E-state index contributed by atoms with van der Waals surface area (Å²) >= 11 is 0. The molecule has 0 aliphatic rings. The maximum absolute atomic E-state index is 14.0. The number of ether oxygens (including phenoxy) is 1. The minimum absolute atomic E-state index is 0.339.